The van der Waals surface area contributed by atoms with Crippen LogP contribution in [0.2, 0.25) is 0 Å². The molecule has 1 unspecified atom stereocenters. The van der Waals surface area contributed by atoms with Gasteiger partial charge in [0.1, 0.15) is 6.61 Å². The van der Waals surface area contributed by atoms with Gasteiger partial charge in [0.25, 0.3) is 0 Å². The van der Waals surface area contributed by atoms with Crippen molar-refractivity contribution in [2.24, 2.45) is 0 Å². The standard InChI is InChI=1S/C59H90O5/c1-4-7-10-13-16-19-22-25-27-29-30-31-32-35-37-40-43-46-49-52-58(60)63-56-57(64-59(61)53-50-47-44-41-38-34-24-21-18-15-12-9-6-3)55-62-54-51-48-45-42-39-36-33-28-26-23-20-17-14-11-8-5-2/h7-12,16-21,25-28,30-31,34-35,37-38,43-44,46-47,57H,4-6,13-15,22-24,29,32-33,36,39-42,45,48-56H2,1-3H3/b10-7-,11-8-,12-9-,19-16-,20-17-,21-18-,27-25-,28-26-,31-30-,37-35-,38-34-,46-43-,47-44-. The van der Waals surface area contributed by atoms with Crippen molar-refractivity contribution in [1.82, 2.24) is 0 Å². The molecule has 0 N–H and O–H groups in total. The molecule has 0 bridgehead atoms. The fraction of sp³-hybridized carbons (Fsp3) is 0.525. The van der Waals surface area contributed by atoms with E-state index in [1.54, 1.807) is 0 Å². The normalized spacial score (nSPS) is 13.6. The number of hydrogen-bond donors (Lipinski definition) is 0. The Morgan fingerprint density at radius 2 is 0.656 bits per heavy atom. The van der Waals surface area contributed by atoms with E-state index in [0.29, 0.717) is 19.4 Å². The molecule has 64 heavy (non-hydrogen) atoms. The Bertz CT molecular complexity index is 1460. The van der Waals surface area contributed by atoms with E-state index >= 15 is 0 Å². The molecule has 0 aromatic carbocycles. The zero-order valence-corrected chi connectivity index (χ0v) is 40.7. The lowest BCUT2D eigenvalue weighted by Crippen LogP contribution is -2.30. The number of esters is 2. The lowest BCUT2D eigenvalue weighted by Gasteiger charge is -2.18. The first-order valence-electron chi connectivity index (χ1n) is 25.0. The molecule has 0 radical (unpaired) electrons. The summed E-state index contributed by atoms with van der Waals surface area (Å²) in [4.78, 5) is 25.3. The number of hydrogen-bond acceptors (Lipinski definition) is 5. The van der Waals surface area contributed by atoms with Gasteiger partial charge in [-0.2, -0.15) is 0 Å². The van der Waals surface area contributed by atoms with E-state index in [1.807, 2.05) is 12.2 Å². The number of carbonyl (C=O) groups is 2. The second-order valence-electron chi connectivity index (χ2n) is 15.6. The second kappa shape index (κ2) is 52.9. The predicted molar refractivity (Wildman–Crippen MR) is 278 cm³/mol. The Labute approximate surface area is 393 Å². The maximum Gasteiger partial charge on any atom is 0.306 e. The molecule has 0 saturated carbocycles. The summed E-state index contributed by atoms with van der Waals surface area (Å²) in [5, 5.41) is 0. The van der Waals surface area contributed by atoms with Gasteiger partial charge in [0.15, 0.2) is 6.10 Å². The Morgan fingerprint density at radius 1 is 0.344 bits per heavy atom. The summed E-state index contributed by atoms with van der Waals surface area (Å²) in [6.45, 7) is 7.26. The molecule has 1 atom stereocenters. The first-order valence-corrected chi connectivity index (χ1v) is 25.0. The zero-order valence-electron chi connectivity index (χ0n) is 40.7. The van der Waals surface area contributed by atoms with Crippen LogP contribution in [0.3, 0.4) is 0 Å². The number of carbonyl (C=O) groups excluding carboxylic acids is 2. The van der Waals surface area contributed by atoms with Crippen LogP contribution in [0.15, 0.2) is 158 Å². The van der Waals surface area contributed by atoms with Crippen LogP contribution in [0.4, 0.5) is 0 Å². The molecule has 0 aliphatic heterocycles. The smallest absolute Gasteiger partial charge is 0.306 e. The number of ether oxygens (including phenoxy) is 3. The van der Waals surface area contributed by atoms with Crippen LogP contribution < -0.4 is 0 Å². The van der Waals surface area contributed by atoms with Crippen LogP contribution >= 0.6 is 0 Å². The molecule has 5 nitrogen and oxygen atoms in total. The van der Waals surface area contributed by atoms with Gasteiger partial charge in [0.2, 0.25) is 0 Å². The van der Waals surface area contributed by atoms with Crippen molar-refractivity contribution >= 4 is 11.9 Å². The highest BCUT2D eigenvalue weighted by Gasteiger charge is 2.17. The maximum atomic E-state index is 12.7. The van der Waals surface area contributed by atoms with Crippen LogP contribution in [0.25, 0.3) is 0 Å². The van der Waals surface area contributed by atoms with Gasteiger partial charge in [-0.15, -0.1) is 0 Å². The van der Waals surface area contributed by atoms with E-state index in [9.17, 15) is 9.59 Å². The molecule has 0 rings (SSSR count). The monoisotopic (exact) mass is 879 g/mol. The summed E-state index contributed by atoms with van der Waals surface area (Å²) in [7, 11) is 0. The molecule has 0 spiro atoms. The van der Waals surface area contributed by atoms with Crippen molar-refractivity contribution in [2.45, 2.75) is 181 Å². The zero-order chi connectivity index (χ0) is 46.3. The number of rotatable bonds is 43. The SMILES string of the molecule is CC/C=C\C/C=C\C/C=C\C/C=C\C/C=C\C/C=C\CCC(=O)OCC(COCCCCCCCC/C=C\C/C=C\C/C=C\CC)OC(=O)CC/C=C\C/C=C\C/C=C\C/C=C\CC. The van der Waals surface area contributed by atoms with Gasteiger partial charge in [-0.3, -0.25) is 9.59 Å². The summed E-state index contributed by atoms with van der Waals surface area (Å²) >= 11 is 0. The van der Waals surface area contributed by atoms with Crippen molar-refractivity contribution in [2.75, 3.05) is 19.8 Å². The highest BCUT2D eigenvalue weighted by Crippen LogP contribution is 2.10. The molecular weight excluding hydrogens is 789 g/mol. The van der Waals surface area contributed by atoms with E-state index in [0.717, 1.165) is 103 Å². The molecule has 0 aromatic rings. The van der Waals surface area contributed by atoms with Gasteiger partial charge in [-0.25, -0.2) is 0 Å². The van der Waals surface area contributed by atoms with Crippen molar-refractivity contribution in [3.8, 4) is 0 Å². The van der Waals surface area contributed by atoms with E-state index in [1.165, 1.54) is 25.7 Å². The third-order valence-electron chi connectivity index (χ3n) is 9.57. The third kappa shape index (κ3) is 50.2. The van der Waals surface area contributed by atoms with Crippen molar-refractivity contribution in [3.05, 3.63) is 158 Å². The topological polar surface area (TPSA) is 61.8 Å². The van der Waals surface area contributed by atoms with Gasteiger partial charge in [-0.05, 0) is 116 Å². The fourth-order valence-electron chi connectivity index (χ4n) is 5.97. The average molecular weight is 879 g/mol. The molecule has 0 heterocycles. The molecule has 0 aliphatic rings. The van der Waals surface area contributed by atoms with Gasteiger partial charge in [0.05, 0.1) is 6.61 Å². The first kappa shape index (κ1) is 59.5. The van der Waals surface area contributed by atoms with Crippen LogP contribution in [-0.2, 0) is 23.8 Å². The van der Waals surface area contributed by atoms with E-state index < -0.39 is 6.10 Å². The average Bonchev–Trinajstić information content (AvgIpc) is 3.30. The van der Waals surface area contributed by atoms with Gasteiger partial charge >= 0.3 is 11.9 Å². The minimum Gasteiger partial charge on any atom is -0.462 e. The summed E-state index contributed by atoms with van der Waals surface area (Å²) in [6, 6.07) is 0. The highest BCUT2D eigenvalue weighted by molar-refractivity contribution is 5.70. The van der Waals surface area contributed by atoms with Gasteiger partial charge < -0.3 is 14.2 Å². The quantitative estimate of drug-likeness (QED) is 0.0347. The molecule has 0 aromatic heterocycles. The van der Waals surface area contributed by atoms with Crippen LogP contribution in [0.5, 0.6) is 0 Å². The number of unbranched alkanes of at least 4 members (excludes halogenated alkanes) is 6. The summed E-state index contributed by atoms with van der Waals surface area (Å²) in [6.07, 6.45) is 78.5. The molecule has 5 heteroatoms. The van der Waals surface area contributed by atoms with E-state index in [4.69, 9.17) is 14.2 Å². The fourth-order valence-corrected chi connectivity index (χ4v) is 5.97. The van der Waals surface area contributed by atoms with Crippen LogP contribution in [0, 0.1) is 0 Å². The van der Waals surface area contributed by atoms with Crippen LogP contribution in [-0.4, -0.2) is 37.9 Å². The summed E-state index contributed by atoms with van der Waals surface area (Å²) in [5.74, 6) is -0.612. The van der Waals surface area contributed by atoms with Crippen molar-refractivity contribution in [1.29, 1.82) is 0 Å². The highest BCUT2D eigenvalue weighted by atomic mass is 16.6. The second-order valence-corrected chi connectivity index (χ2v) is 15.6. The van der Waals surface area contributed by atoms with Crippen LogP contribution in [0.1, 0.15) is 175 Å². The molecule has 356 valence electrons. The number of allylic oxidation sites excluding steroid dienone is 26. The first-order chi connectivity index (χ1) is 31.6. The van der Waals surface area contributed by atoms with Crippen molar-refractivity contribution < 1.29 is 23.8 Å². The Morgan fingerprint density at radius 3 is 1.05 bits per heavy atom. The lowest BCUT2D eigenvalue weighted by atomic mass is 10.1. The molecular formula is C59H90O5. The van der Waals surface area contributed by atoms with Crippen molar-refractivity contribution in [3.63, 3.8) is 0 Å². The van der Waals surface area contributed by atoms with E-state index in [2.05, 4.69) is 167 Å². The lowest BCUT2D eigenvalue weighted by molar-refractivity contribution is -0.162. The molecule has 0 fully saturated rings. The summed E-state index contributed by atoms with van der Waals surface area (Å²) < 4.78 is 17.2. The predicted octanol–water partition coefficient (Wildman–Crippen LogP) is 17.1. The minimum atomic E-state index is -0.624. The Hall–Kier alpha value is -4.48. The molecule has 0 amide bonds. The van der Waals surface area contributed by atoms with Gasteiger partial charge in [0, 0.05) is 19.4 Å². The van der Waals surface area contributed by atoms with Gasteiger partial charge in [-0.1, -0.05) is 204 Å². The Kier molecular flexibility index (Phi) is 49.2. The maximum absolute atomic E-state index is 12.7. The minimum absolute atomic E-state index is 0.000663. The van der Waals surface area contributed by atoms with E-state index in [-0.39, 0.29) is 38.0 Å². The third-order valence-corrected chi connectivity index (χ3v) is 9.57. The summed E-state index contributed by atoms with van der Waals surface area (Å²) in [5.41, 5.74) is 0. The largest absolute Gasteiger partial charge is 0.462 e. The molecule has 0 saturated heterocycles. The Balaban J connectivity index is 4.52. The molecule has 0 aliphatic carbocycles.